The van der Waals surface area contributed by atoms with Crippen LogP contribution in [0.4, 0.5) is 4.39 Å². The summed E-state index contributed by atoms with van der Waals surface area (Å²) in [6.45, 7) is 5.17. The van der Waals surface area contributed by atoms with Crippen LogP contribution in [0.5, 0.6) is 0 Å². The van der Waals surface area contributed by atoms with E-state index in [2.05, 4.69) is 17.1 Å². The fourth-order valence-corrected chi connectivity index (χ4v) is 3.16. The van der Waals surface area contributed by atoms with E-state index in [0.29, 0.717) is 12.0 Å². The van der Waals surface area contributed by atoms with Crippen molar-refractivity contribution in [1.29, 1.82) is 0 Å². The van der Waals surface area contributed by atoms with Gasteiger partial charge in [0.15, 0.2) is 0 Å². The molecule has 0 bridgehead atoms. The minimum atomic E-state index is -0.0765. The number of likely N-dealkylation sites (tertiary alicyclic amines) is 1. The summed E-state index contributed by atoms with van der Waals surface area (Å²) in [6, 6.07) is 8.48. The van der Waals surface area contributed by atoms with Crippen LogP contribution >= 0.6 is 0 Å². The molecule has 2 aliphatic rings. The van der Waals surface area contributed by atoms with Crippen LogP contribution in [0.3, 0.4) is 0 Å². The van der Waals surface area contributed by atoms with E-state index in [1.807, 2.05) is 12.1 Å². The molecule has 2 unspecified atom stereocenters. The SMILES string of the molecule is CC1CC(NC2CC2)CN(Cc2ccccc2F)C1. The summed E-state index contributed by atoms with van der Waals surface area (Å²) in [4.78, 5) is 2.40. The largest absolute Gasteiger partial charge is 0.310 e. The first-order valence-corrected chi connectivity index (χ1v) is 7.42. The molecule has 1 aromatic rings. The number of rotatable bonds is 4. The number of nitrogens with one attached hydrogen (secondary N) is 1. The van der Waals surface area contributed by atoms with Crippen molar-refractivity contribution in [2.45, 2.75) is 44.8 Å². The van der Waals surface area contributed by atoms with Crippen LogP contribution in [-0.2, 0) is 6.54 Å². The van der Waals surface area contributed by atoms with Crippen molar-refractivity contribution in [3.63, 3.8) is 0 Å². The zero-order chi connectivity index (χ0) is 13.2. The lowest BCUT2D eigenvalue weighted by atomic mass is 9.95. The van der Waals surface area contributed by atoms with E-state index in [1.165, 1.54) is 19.3 Å². The smallest absolute Gasteiger partial charge is 0.127 e. The van der Waals surface area contributed by atoms with E-state index >= 15 is 0 Å². The molecule has 1 aliphatic carbocycles. The molecule has 1 heterocycles. The van der Waals surface area contributed by atoms with Crippen LogP contribution in [-0.4, -0.2) is 30.1 Å². The lowest BCUT2D eigenvalue weighted by Gasteiger charge is -2.37. The van der Waals surface area contributed by atoms with Gasteiger partial charge in [-0.05, 0) is 31.2 Å². The van der Waals surface area contributed by atoms with E-state index in [1.54, 1.807) is 12.1 Å². The third kappa shape index (κ3) is 3.54. The van der Waals surface area contributed by atoms with Crippen LogP contribution in [0.15, 0.2) is 24.3 Å². The van der Waals surface area contributed by atoms with Crippen molar-refractivity contribution in [3.8, 4) is 0 Å². The van der Waals surface area contributed by atoms with E-state index in [0.717, 1.165) is 31.2 Å². The Morgan fingerprint density at radius 1 is 1.21 bits per heavy atom. The fraction of sp³-hybridized carbons (Fsp3) is 0.625. The Balaban J connectivity index is 1.61. The summed E-state index contributed by atoms with van der Waals surface area (Å²) in [6.07, 6.45) is 3.92. The standard InChI is InChI=1S/C16H23FN2/c1-12-8-15(18-14-6-7-14)11-19(9-12)10-13-4-2-3-5-16(13)17/h2-5,12,14-15,18H,6-11H2,1H3. The van der Waals surface area contributed by atoms with Gasteiger partial charge in [0.2, 0.25) is 0 Å². The third-order valence-electron chi connectivity index (χ3n) is 4.14. The average molecular weight is 262 g/mol. The number of nitrogens with zero attached hydrogens (tertiary/aromatic N) is 1. The first-order valence-electron chi connectivity index (χ1n) is 7.42. The molecule has 3 rings (SSSR count). The third-order valence-corrected chi connectivity index (χ3v) is 4.14. The predicted molar refractivity (Wildman–Crippen MR) is 75.4 cm³/mol. The highest BCUT2D eigenvalue weighted by Gasteiger charge is 2.30. The first kappa shape index (κ1) is 13.1. The highest BCUT2D eigenvalue weighted by atomic mass is 19.1. The number of hydrogen-bond donors (Lipinski definition) is 1. The molecule has 2 atom stereocenters. The molecule has 0 spiro atoms. The van der Waals surface area contributed by atoms with Crippen molar-refractivity contribution in [2.75, 3.05) is 13.1 Å². The van der Waals surface area contributed by atoms with Crippen molar-refractivity contribution in [2.24, 2.45) is 5.92 Å². The number of benzene rings is 1. The van der Waals surface area contributed by atoms with Gasteiger partial charge >= 0.3 is 0 Å². The van der Waals surface area contributed by atoms with Crippen LogP contribution in [0, 0.1) is 11.7 Å². The van der Waals surface area contributed by atoms with Crippen LogP contribution < -0.4 is 5.32 Å². The summed E-state index contributed by atoms with van der Waals surface area (Å²) >= 11 is 0. The second-order valence-corrected chi connectivity index (χ2v) is 6.26. The Hall–Kier alpha value is -0.930. The molecule has 1 saturated heterocycles. The van der Waals surface area contributed by atoms with Gasteiger partial charge < -0.3 is 5.32 Å². The van der Waals surface area contributed by atoms with Gasteiger partial charge in [0.05, 0.1) is 0 Å². The molecule has 2 fully saturated rings. The summed E-state index contributed by atoms with van der Waals surface area (Å²) in [5, 5.41) is 3.72. The van der Waals surface area contributed by atoms with Gasteiger partial charge in [-0.15, -0.1) is 0 Å². The molecule has 1 saturated carbocycles. The molecule has 104 valence electrons. The molecule has 19 heavy (non-hydrogen) atoms. The fourth-order valence-electron chi connectivity index (χ4n) is 3.16. The van der Waals surface area contributed by atoms with Crippen molar-refractivity contribution < 1.29 is 4.39 Å². The zero-order valence-electron chi connectivity index (χ0n) is 11.6. The summed E-state index contributed by atoms with van der Waals surface area (Å²) in [5.41, 5.74) is 0.821. The van der Waals surface area contributed by atoms with Gasteiger partial charge in [-0.1, -0.05) is 25.1 Å². The zero-order valence-corrected chi connectivity index (χ0v) is 11.6. The Morgan fingerprint density at radius 3 is 2.74 bits per heavy atom. The second kappa shape index (κ2) is 5.59. The minimum absolute atomic E-state index is 0.0765. The molecule has 2 nitrogen and oxygen atoms in total. The predicted octanol–water partition coefficient (Wildman–Crippen LogP) is 2.79. The topological polar surface area (TPSA) is 15.3 Å². The monoisotopic (exact) mass is 262 g/mol. The molecular weight excluding hydrogens is 239 g/mol. The quantitative estimate of drug-likeness (QED) is 0.897. The summed E-state index contributed by atoms with van der Waals surface area (Å²) in [7, 11) is 0. The van der Waals surface area contributed by atoms with Crippen LogP contribution in [0.1, 0.15) is 31.7 Å². The van der Waals surface area contributed by atoms with Gasteiger partial charge in [-0.3, -0.25) is 4.90 Å². The normalized spacial score (nSPS) is 28.5. The second-order valence-electron chi connectivity index (χ2n) is 6.26. The maximum absolute atomic E-state index is 13.7. The number of halogens is 1. The Labute approximate surface area is 115 Å². The van der Waals surface area contributed by atoms with Crippen LogP contribution in [0.25, 0.3) is 0 Å². The average Bonchev–Trinajstić information content (AvgIpc) is 3.15. The molecule has 1 aromatic carbocycles. The van der Waals surface area contributed by atoms with Gasteiger partial charge in [-0.25, -0.2) is 4.39 Å². The summed E-state index contributed by atoms with van der Waals surface area (Å²) in [5.74, 6) is 0.615. The maximum atomic E-state index is 13.7. The molecular formula is C16H23FN2. The van der Waals surface area contributed by atoms with E-state index < -0.39 is 0 Å². The number of piperidine rings is 1. The van der Waals surface area contributed by atoms with Gasteiger partial charge in [0.25, 0.3) is 0 Å². The molecule has 0 radical (unpaired) electrons. The van der Waals surface area contributed by atoms with Gasteiger partial charge in [-0.2, -0.15) is 0 Å². The lowest BCUT2D eigenvalue weighted by molar-refractivity contribution is 0.140. The molecule has 1 N–H and O–H groups in total. The van der Waals surface area contributed by atoms with Crippen molar-refractivity contribution in [3.05, 3.63) is 35.6 Å². The van der Waals surface area contributed by atoms with Crippen LogP contribution in [0.2, 0.25) is 0 Å². The first-order chi connectivity index (χ1) is 9.20. The number of hydrogen-bond acceptors (Lipinski definition) is 2. The van der Waals surface area contributed by atoms with E-state index in [9.17, 15) is 4.39 Å². The highest BCUT2D eigenvalue weighted by molar-refractivity contribution is 5.17. The van der Waals surface area contributed by atoms with E-state index in [4.69, 9.17) is 0 Å². The Bertz CT molecular complexity index is 429. The van der Waals surface area contributed by atoms with Crippen molar-refractivity contribution in [1.82, 2.24) is 10.2 Å². The van der Waals surface area contributed by atoms with E-state index in [-0.39, 0.29) is 5.82 Å². The minimum Gasteiger partial charge on any atom is -0.310 e. The van der Waals surface area contributed by atoms with Gasteiger partial charge in [0, 0.05) is 37.3 Å². The van der Waals surface area contributed by atoms with Gasteiger partial charge in [0.1, 0.15) is 5.82 Å². The maximum Gasteiger partial charge on any atom is 0.127 e. The Morgan fingerprint density at radius 2 is 2.00 bits per heavy atom. The molecule has 0 amide bonds. The Kier molecular flexibility index (Phi) is 3.85. The molecule has 0 aromatic heterocycles. The highest BCUT2D eigenvalue weighted by Crippen LogP contribution is 2.24. The van der Waals surface area contributed by atoms with Crippen molar-refractivity contribution >= 4 is 0 Å². The molecule has 1 aliphatic heterocycles. The molecule has 3 heteroatoms. The lowest BCUT2D eigenvalue weighted by Crippen LogP contribution is -2.48. The summed E-state index contributed by atoms with van der Waals surface area (Å²) < 4.78 is 13.7.